The van der Waals surface area contributed by atoms with Crippen LogP contribution < -0.4 is 11.0 Å². The summed E-state index contributed by atoms with van der Waals surface area (Å²) in [6.45, 7) is 5.43. The minimum absolute atomic E-state index is 0.124. The molecule has 2 N–H and O–H groups in total. The Hall–Kier alpha value is -2.21. The summed E-state index contributed by atoms with van der Waals surface area (Å²) in [5.41, 5.74) is 1.62. The van der Waals surface area contributed by atoms with E-state index in [1.165, 1.54) is 0 Å². The number of fused-ring (bicyclic) bond motifs is 1. The summed E-state index contributed by atoms with van der Waals surface area (Å²) in [7, 11) is 0. The first kappa shape index (κ1) is 13.2. The monoisotopic (exact) mass is 261 g/mol. The van der Waals surface area contributed by atoms with Crippen LogP contribution in [-0.2, 0) is 4.84 Å². The van der Waals surface area contributed by atoms with Gasteiger partial charge in [-0.05, 0) is 26.8 Å². The van der Waals surface area contributed by atoms with Gasteiger partial charge in [-0.1, -0.05) is 18.2 Å². The molecule has 0 radical (unpaired) electrons. The van der Waals surface area contributed by atoms with Crippen molar-refractivity contribution >= 4 is 16.7 Å². The van der Waals surface area contributed by atoms with Crippen molar-refractivity contribution < 1.29 is 9.63 Å². The highest BCUT2D eigenvalue weighted by molar-refractivity contribution is 6.04. The Bertz CT molecular complexity index is 671. The van der Waals surface area contributed by atoms with Gasteiger partial charge in [0.05, 0.1) is 11.0 Å². The predicted octanol–water partition coefficient (Wildman–Crippen LogP) is 1.38. The van der Waals surface area contributed by atoms with Gasteiger partial charge in [-0.2, -0.15) is 5.10 Å². The Morgan fingerprint density at radius 2 is 1.89 bits per heavy atom. The predicted molar refractivity (Wildman–Crippen MR) is 70.7 cm³/mol. The number of carbonyl (C=O) groups is 1. The zero-order valence-corrected chi connectivity index (χ0v) is 11.0. The fourth-order valence-electron chi connectivity index (χ4n) is 1.54. The highest BCUT2D eigenvalue weighted by Gasteiger charge is 2.17. The van der Waals surface area contributed by atoms with Gasteiger partial charge >= 0.3 is 0 Å². The lowest BCUT2D eigenvalue weighted by Crippen LogP contribution is -2.34. The van der Waals surface area contributed by atoms with E-state index < -0.39 is 11.5 Å². The minimum atomic E-state index is -0.506. The fraction of sp³-hybridized carbons (Fsp3) is 0.308. The van der Waals surface area contributed by atoms with Crippen LogP contribution in [0.25, 0.3) is 10.8 Å². The molecule has 0 aliphatic rings. The number of H-pyrrole nitrogens is 1. The van der Waals surface area contributed by atoms with Crippen molar-refractivity contribution in [1.82, 2.24) is 15.7 Å². The van der Waals surface area contributed by atoms with Gasteiger partial charge in [0.25, 0.3) is 11.5 Å². The maximum Gasteiger partial charge on any atom is 0.295 e. The van der Waals surface area contributed by atoms with Crippen LogP contribution in [0.15, 0.2) is 29.1 Å². The quantitative estimate of drug-likeness (QED) is 0.800. The molecule has 2 aromatic rings. The second-order valence-corrected chi connectivity index (χ2v) is 5.09. The summed E-state index contributed by atoms with van der Waals surface area (Å²) >= 11 is 0. The average molecular weight is 261 g/mol. The van der Waals surface area contributed by atoms with Crippen molar-refractivity contribution in [1.29, 1.82) is 0 Å². The molecule has 0 saturated heterocycles. The number of rotatable bonds is 2. The van der Waals surface area contributed by atoms with Crippen LogP contribution in [0.2, 0.25) is 0 Å². The molecule has 6 nitrogen and oxygen atoms in total. The second kappa shape index (κ2) is 4.81. The molecule has 0 unspecified atom stereocenters. The van der Waals surface area contributed by atoms with Gasteiger partial charge in [0.15, 0.2) is 5.69 Å². The first-order valence-electron chi connectivity index (χ1n) is 5.84. The molecule has 100 valence electrons. The lowest BCUT2D eigenvalue weighted by Gasteiger charge is -2.18. The summed E-state index contributed by atoms with van der Waals surface area (Å²) in [6.07, 6.45) is 0. The Kier molecular flexibility index (Phi) is 3.35. The zero-order chi connectivity index (χ0) is 14.0. The number of benzene rings is 1. The molecule has 1 heterocycles. The van der Waals surface area contributed by atoms with Crippen LogP contribution in [0, 0.1) is 0 Å². The molecule has 6 heteroatoms. The molecule has 0 bridgehead atoms. The van der Waals surface area contributed by atoms with Gasteiger partial charge in [-0.15, -0.1) is 0 Å². The van der Waals surface area contributed by atoms with Crippen molar-refractivity contribution in [3.63, 3.8) is 0 Å². The van der Waals surface area contributed by atoms with Crippen LogP contribution >= 0.6 is 0 Å². The first-order valence-corrected chi connectivity index (χ1v) is 5.84. The number of amides is 1. The van der Waals surface area contributed by atoms with Gasteiger partial charge in [-0.25, -0.2) is 10.6 Å². The zero-order valence-electron chi connectivity index (χ0n) is 11.0. The van der Waals surface area contributed by atoms with E-state index in [0.29, 0.717) is 10.8 Å². The van der Waals surface area contributed by atoms with Crippen LogP contribution in [0.5, 0.6) is 0 Å². The Morgan fingerprint density at radius 1 is 1.26 bits per heavy atom. The van der Waals surface area contributed by atoms with Gasteiger partial charge < -0.3 is 0 Å². The van der Waals surface area contributed by atoms with Crippen molar-refractivity contribution in [3.8, 4) is 0 Å². The SMILES string of the molecule is CC(C)(C)ONC(=O)c1n[nH]c(=O)c2ccccc12. The van der Waals surface area contributed by atoms with E-state index in [0.717, 1.165) is 0 Å². The molecular weight excluding hydrogens is 246 g/mol. The molecule has 0 aliphatic carbocycles. The normalized spacial score (nSPS) is 11.5. The summed E-state index contributed by atoms with van der Waals surface area (Å²) in [4.78, 5) is 28.8. The molecule has 1 aromatic carbocycles. The molecule has 2 rings (SSSR count). The molecular formula is C13H15N3O3. The van der Waals surface area contributed by atoms with Crippen LogP contribution in [0.1, 0.15) is 31.3 Å². The van der Waals surface area contributed by atoms with Crippen LogP contribution in [-0.4, -0.2) is 21.7 Å². The van der Waals surface area contributed by atoms with Crippen molar-refractivity contribution in [3.05, 3.63) is 40.3 Å². The van der Waals surface area contributed by atoms with Crippen molar-refractivity contribution in [2.45, 2.75) is 26.4 Å². The first-order chi connectivity index (χ1) is 8.88. The standard InChI is InChI=1S/C13H15N3O3/c1-13(2,3)19-16-12(18)10-8-6-4-5-7-9(8)11(17)15-14-10/h4-7H,1-3H3,(H,15,17)(H,16,18). The smallest absolute Gasteiger partial charge is 0.268 e. The molecule has 0 atom stereocenters. The number of hydrogen-bond donors (Lipinski definition) is 2. The summed E-state index contributed by atoms with van der Waals surface area (Å²) in [5, 5.41) is 6.98. The van der Waals surface area contributed by atoms with E-state index in [1.807, 2.05) is 20.8 Å². The topological polar surface area (TPSA) is 84.1 Å². The lowest BCUT2D eigenvalue weighted by molar-refractivity contribution is -0.0591. The Balaban J connectivity index is 2.38. The second-order valence-electron chi connectivity index (χ2n) is 5.09. The molecule has 19 heavy (non-hydrogen) atoms. The molecule has 0 spiro atoms. The minimum Gasteiger partial charge on any atom is -0.268 e. The van der Waals surface area contributed by atoms with Crippen LogP contribution in [0.3, 0.4) is 0 Å². The number of nitrogens with zero attached hydrogens (tertiary/aromatic N) is 1. The summed E-state index contributed by atoms with van der Waals surface area (Å²) in [6, 6.07) is 6.77. The summed E-state index contributed by atoms with van der Waals surface area (Å²) < 4.78 is 0. The van der Waals surface area contributed by atoms with E-state index in [-0.39, 0.29) is 11.3 Å². The fourth-order valence-corrected chi connectivity index (χ4v) is 1.54. The van der Waals surface area contributed by atoms with E-state index >= 15 is 0 Å². The van der Waals surface area contributed by atoms with E-state index in [9.17, 15) is 9.59 Å². The molecule has 0 aliphatic heterocycles. The number of aromatic nitrogens is 2. The van der Waals surface area contributed by atoms with Gasteiger partial charge in [-0.3, -0.25) is 14.4 Å². The molecule has 1 amide bonds. The average Bonchev–Trinajstić information content (AvgIpc) is 2.36. The van der Waals surface area contributed by atoms with E-state index in [1.54, 1.807) is 24.3 Å². The molecule has 0 fully saturated rings. The highest BCUT2D eigenvalue weighted by Crippen LogP contribution is 2.12. The van der Waals surface area contributed by atoms with Crippen molar-refractivity contribution in [2.75, 3.05) is 0 Å². The van der Waals surface area contributed by atoms with Gasteiger partial charge in [0.1, 0.15) is 0 Å². The highest BCUT2D eigenvalue weighted by atomic mass is 16.7. The van der Waals surface area contributed by atoms with Crippen LogP contribution in [0.4, 0.5) is 0 Å². The van der Waals surface area contributed by atoms with Gasteiger partial charge in [0.2, 0.25) is 0 Å². The molecule has 1 aromatic heterocycles. The number of hydroxylamine groups is 1. The number of carbonyl (C=O) groups excluding carboxylic acids is 1. The van der Waals surface area contributed by atoms with Crippen molar-refractivity contribution in [2.24, 2.45) is 0 Å². The van der Waals surface area contributed by atoms with E-state index in [2.05, 4.69) is 15.7 Å². The number of hydrogen-bond acceptors (Lipinski definition) is 4. The maximum atomic E-state index is 12.0. The number of aromatic amines is 1. The van der Waals surface area contributed by atoms with E-state index in [4.69, 9.17) is 4.84 Å². The third-order valence-corrected chi connectivity index (χ3v) is 2.36. The molecule has 0 saturated carbocycles. The lowest BCUT2D eigenvalue weighted by atomic mass is 10.1. The van der Waals surface area contributed by atoms with Gasteiger partial charge in [0, 0.05) is 5.39 Å². The number of nitrogens with one attached hydrogen (secondary N) is 2. The Labute approximate surface area is 109 Å². The third-order valence-electron chi connectivity index (χ3n) is 2.36. The largest absolute Gasteiger partial charge is 0.295 e. The third kappa shape index (κ3) is 2.97. The Morgan fingerprint density at radius 3 is 2.53 bits per heavy atom. The maximum absolute atomic E-state index is 12.0. The summed E-state index contributed by atoms with van der Waals surface area (Å²) in [5.74, 6) is -0.498.